The lowest BCUT2D eigenvalue weighted by molar-refractivity contribution is 0.411. The zero-order valence-corrected chi connectivity index (χ0v) is 16.8. The Morgan fingerprint density at radius 2 is 1.92 bits per heavy atom. The maximum absolute atomic E-state index is 10.2. The third-order valence-electron chi connectivity index (χ3n) is 4.40. The minimum absolute atomic E-state index is 0.236. The van der Waals surface area contributed by atoms with Gasteiger partial charge in [-0.25, -0.2) is 0 Å². The number of hydrogen-bond donors (Lipinski definition) is 2. The van der Waals surface area contributed by atoms with E-state index in [0.29, 0.717) is 17.1 Å². The van der Waals surface area contributed by atoms with Crippen LogP contribution < -0.4 is 10.2 Å². The van der Waals surface area contributed by atoms with E-state index in [0.717, 1.165) is 34.4 Å². The van der Waals surface area contributed by atoms with E-state index in [2.05, 4.69) is 23.5 Å². The molecule has 0 aliphatic heterocycles. The summed E-state index contributed by atoms with van der Waals surface area (Å²) in [5, 5.41) is 14.6. The summed E-state index contributed by atoms with van der Waals surface area (Å²) in [6, 6.07) is 9.77. The topological polar surface area (TPSA) is 53.9 Å². The predicted molar refractivity (Wildman–Crippen MR) is 112 cm³/mol. The van der Waals surface area contributed by atoms with Gasteiger partial charge in [-0.1, -0.05) is 31.3 Å². The van der Waals surface area contributed by atoms with Gasteiger partial charge >= 0.3 is 0 Å². The number of hydrogen-bond acceptors (Lipinski definition) is 4. The van der Waals surface area contributed by atoms with Gasteiger partial charge in [0.15, 0.2) is 0 Å². The Labute approximate surface area is 160 Å². The van der Waals surface area contributed by atoms with Crippen LogP contribution in [-0.2, 0) is 12.8 Å². The van der Waals surface area contributed by atoms with Crippen LogP contribution in [0, 0.1) is 13.8 Å². The van der Waals surface area contributed by atoms with Crippen molar-refractivity contribution in [1.29, 1.82) is 0 Å². The number of benzene rings is 2. The first-order valence-electron chi connectivity index (χ1n) is 8.65. The first-order chi connectivity index (χ1) is 12.3. The average Bonchev–Trinajstić information content (AvgIpc) is 2.60. The third-order valence-corrected chi connectivity index (χ3v) is 4.63. The summed E-state index contributed by atoms with van der Waals surface area (Å²) >= 11 is 5.40. The molecule has 0 bridgehead atoms. The molecule has 0 aliphatic rings. The van der Waals surface area contributed by atoms with Crippen LogP contribution in [0.2, 0.25) is 0 Å². The number of aromatic hydroxyl groups is 1. The molecule has 138 valence electrons. The van der Waals surface area contributed by atoms with Crippen molar-refractivity contribution < 1.29 is 9.84 Å². The Kier molecular flexibility index (Phi) is 6.75. The molecule has 0 fully saturated rings. The summed E-state index contributed by atoms with van der Waals surface area (Å²) in [6.45, 7) is 7.96. The molecular formula is C21H26N2O2S. The highest BCUT2D eigenvalue weighted by atomic mass is 32.1. The molecule has 0 amide bonds. The van der Waals surface area contributed by atoms with Crippen LogP contribution in [0.3, 0.4) is 0 Å². The van der Waals surface area contributed by atoms with E-state index in [9.17, 15) is 5.11 Å². The van der Waals surface area contributed by atoms with Crippen molar-refractivity contribution in [1.82, 2.24) is 5.43 Å². The molecule has 2 aromatic rings. The summed E-state index contributed by atoms with van der Waals surface area (Å²) in [4.78, 5) is 0.622. The van der Waals surface area contributed by atoms with Gasteiger partial charge in [0.05, 0.1) is 12.8 Å². The second-order valence-electron chi connectivity index (χ2n) is 6.36. The van der Waals surface area contributed by atoms with Crippen LogP contribution in [0.1, 0.15) is 41.7 Å². The van der Waals surface area contributed by atoms with Gasteiger partial charge < -0.3 is 9.84 Å². The second-order valence-corrected chi connectivity index (χ2v) is 6.86. The van der Waals surface area contributed by atoms with Crippen molar-refractivity contribution in [3.05, 3.63) is 58.1 Å². The Bertz CT molecular complexity index is 844. The fraction of sp³-hybridized carbons (Fsp3) is 0.333. The van der Waals surface area contributed by atoms with Gasteiger partial charge in [0.1, 0.15) is 16.5 Å². The van der Waals surface area contributed by atoms with E-state index in [4.69, 9.17) is 17.0 Å². The minimum Gasteiger partial charge on any atom is -0.507 e. The predicted octanol–water partition coefficient (Wildman–Crippen LogP) is 4.46. The van der Waals surface area contributed by atoms with Crippen molar-refractivity contribution in [3.63, 3.8) is 0 Å². The van der Waals surface area contributed by atoms with Crippen LogP contribution in [0.25, 0.3) is 0 Å². The van der Waals surface area contributed by atoms with Gasteiger partial charge in [-0.05, 0) is 67.6 Å². The minimum atomic E-state index is 0.236. The van der Waals surface area contributed by atoms with Crippen LogP contribution in [-0.4, -0.2) is 22.9 Å². The molecule has 0 radical (unpaired) electrons. The lowest BCUT2D eigenvalue weighted by atomic mass is 10.00. The first-order valence-corrected chi connectivity index (χ1v) is 9.06. The Balaban J connectivity index is 2.09. The third kappa shape index (κ3) is 4.82. The van der Waals surface area contributed by atoms with E-state index < -0.39 is 0 Å². The number of ether oxygens (including phenoxy) is 1. The molecule has 5 heteroatoms. The van der Waals surface area contributed by atoms with Crippen LogP contribution in [0.15, 0.2) is 35.4 Å². The molecule has 2 N–H and O–H groups in total. The van der Waals surface area contributed by atoms with Crippen LogP contribution in [0.5, 0.6) is 11.5 Å². The summed E-state index contributed by atoms with van der Waals surface area (Å²) < 4.78 is 5.28. The number of nitrogens with one attached hydrogen (secondary N) is 1. The molecule has 2 aromatic carbocycles. The van der Waals surface area contributed by atoms with E-state index in [1.54, 1.807) is 13.2 Å². The van der Waals surface area contributed by atoms with Crippen molar-refractivity contribution >= 4 is 22.9 Å². The second kappa shape index (κ2) is 8.81. The standard InChI is InChI=1S/C21H26N2O2S/c1-6-17-12-18(19(24)10-13(17)2)15(4)22-23-21(26)11-16-7-8-20(25-5)14(3)9-16/h7-10,12,24H,6,11H2,1-5H3,(H,23,26)/b22-15+. The molecule has 0 aliphatic carbocycles. The summed E-state index contributed by atoms with van der Waals surface area (Å²) in [5.41, 5.74) is 8.81. The lowest BCUT2D eigenvalue weighted by Crippen LogP contribution is -2.19. The zero-order chi connectivity index (χ0) is 19.3. The molecule has 0 spiro atoms. The van der Waals surface area contributed by atoms with Gasteiger partial charge in [0.2, 0.25) is 0 Å². The molecule has 0 atom stereocenters. The van der Waals surface area contributed by atoms with Gasteiger partial charge in [-0.2, -0.15) is 5.10 Å². The van der Waals surface area contributed by atoms with Gasteiger partial charge in [-0.15, -0.1) is 0 Å². The monoisotopic (exact) mass is 370 g/mol. The molecule has 4 nitrogen and oxygen atoms in total. The van der Waals surface area contributed by atoms with Crippen molar-refractivity contribution in [3.8, 4) is 11.5 Å². The largest absolute Gasteiger partial charge is 0.507 e. The van der Waals surface area contributed by atoms with Crippen LogP contribution >= 0.6 is 12.2 Å². The summed E-state index contributed by atoms with van der Waals surface area (Å²) in [6.07, 6.45) is 1.51. The number of methoxy groups -OCH3 is 1. The molecule has 26 heavy (non-hydrogen) atoms. The number of nitrogens with zero attached hydrogens (tertiary/aromatic N) is 1. The van der Waals surface area contributed by atoms with Crippen molar-refractivity contribution in [2.45, 2.75) is 40.5 Å². The smallest absolute Gasteiger partial charge is 0.124 e. The lowest BCUT2D eigenvalue weighted by Gasteiger charge is -2.11. The quantitative estimate of drug-likeness (QED) is 0.448. The Morgan fingerprint density at radius 1 is 1.19 bits per heavy atom. The van der Waals surface area contributed by atoms with E-state index >= 15 is 0 Å². The molecule has 0 aromatic heterocycles. The van der Waals surface area contributed by atoms with Crippen molar-refractivity contribution in [2.75, 3.05) is 7.11 Å². The average molecular weight is 371 g/mol. The number of phenols is 1. The number of phenolic OH excluding ortho intramolecular Hbond substituents is 1. The highest BCUT2D eigenvalue weighted by molar-refractivity contribution is 7.80. The maximum Gasteiger partial charge on any atom is 0.124 e. The summed E-state index contributed by atoms with van der Waals surface area (Å²) in [7, 11) is 1.66. The van der Waals surface area contributed by atoms with E-state index in [-0.39, 0.29) is 5.75 Å². The molecular weight excluding hydrogens is 344 g/mol. The fourth-order valence-electron chi connectivity index (χ4n) is 2.89. The summed E-state index contributed by atoms with van der Waals surface area (Å²) in [5.74, 6) is 1.10. The molecule has 0 saturated carbocycles. The van der Waals surface area contributed by atoms with E-state index in [1.807, 2.05) is 39.0 Å². The van der Waals surface area contributed by atoms with Gasteiger partial charge in [-0.3, -0.25) is 5.43 Å². The first kappa shape index (κ1) is 19.9. The fourth-order valence-corrected chi connectivity index (χ4v) is 3.10. The SMILES string of the molecule is CCc1cc(/C(C)=N/NC(=S)Cc2ccc(OC)c(C)c2)c(O)cc1C. The highest BCUT2D eigenvalue weighted by Gasteiger charge is 2.09. The van der Waals surface area contributed by atoms with Gasteiger partial charge in [0.25, 0.3) is 0 Å². The van der Waals surface area contributed by atoms with E-state index in [1.165, 1.54) is 5.56 Å². The Morgan fingerprint density at radius 3 is 2.54 bits per heavy atom. The molecule has 0 unspecified atom stereocenters. The van der Waals surface area contributed by atoms with Crippen molar-refractivity contribution in [2.24, 2.45) is 5.10 Å². The maximum atomic E-state index is 10.2. The molecule has 2 rings (SSSR count). The normalized spacial score (nSPS) is 11.3. The van der Waals surface area contributed by atoms with Gasteiger partial charge in [0, 0.05) is 12.0 Å². The Hall–Kier alpha value is -2.40. The van der Waals surface area contributed by atoms with Crippen LogP contribution in [0.4, 0.5) is 0 Å². The molecule has 0 saturated heterocycles. The number of aryl methyl sites for hydroxylation is 3. The molecule has 0 heterocycles. The number of thiocarbonyl (C=S) groups is 1. The number of rotatable bonds is 6. The zero-order valence-electron chi connectivity index (χ0n) is 16.0. The number of hydrazone groups is 1. The highest BCUT2D eigenvalue weighted by Crippen LogP contribution is 2.23.